The van der Waals surface area contributed by atoms with E-state index < -0.39 is 24.3 Å². The Labute approximate surface area is 228 Å². The zero-order chi connectivity index (χ0) is 27.0. The highest BCUT2D eigenvalue weighted by Gasteiger charge is 2.36. The van der Waals surface area contributed by atoms with Gasteiger partial charge in [-0.05, 0) is 43.3 Å². The minimum Gasteiger partial charge on any atom is -0.496 e. The summed E-state index contributed by atoms with van der Waals surface area (Å²) >= 11 is 13.0. The molecule has 38 heavy (non-hydrogen) atoms. The number of hydrogen-bond donors (Lipinski definition) is 1. The lowest BCUT2D eigenvalue weighted by atomic mass is 10.1. The van der Waals surface area contributed by atoms with Crippen LogP contribution in [0.5, 0.6) is 11.5 Å². The van der Waals surface area contributed by atoms with Crippen LogP contribution in [0.3, 0.4) is 0 Å². The van der Waals surface area contributed by atoms with Crippen molar-refractivity contribution in [3.63, 3.8) is 0 Å². The Hall–Kier alpha value is -4.14. The summed E-state index contributed by atoms with van der Waals surface area (Å²) in [5, 5.41) is 3.98. The molecule has 10 heteroatoms. The standard InChI is InChI=1S/C28H21Cl2N3O5/c1-15-12-23(37-2)18-8-5-9-22(26(18)31-15)38-14-19-20(29)10-11-21(25(19)30)32-24(34)13-33-27(35)16-6-3-4-7-17(16)28(33)36/h3-12H,13-14H2,1-2H3,(H,32,34). The van der Waals surface area contributed by atoms with Crippen molar-refractivity contribution in [3.05, 3.63) is 93.1 Å². The van der Waals surface area contributed by atoms with Crippen LogP contribution in [0.15, 0.2) is 60.7 Å². The first-order valence-corrected chi connectivity index (χ1v) is 12.3. The van der Waals surface area contributed by atoms with Gasteiger partial charge in [-0.2, -0.15) is 0 Å². The van der Waals surface area contributed by atoms with Gasteiger partial charge in [-0.1, -0.05) is 41.4 Å². The van der Waals surface area contributed by atoms with Crippen molar-refractivity contribution < 1.29 is 23.9 Å². The molecule has 0 saturated carbocycles. The summed E-state index contributed by atoms with van der Waals surface area (Å²) in [4.78, 5) is 43.4. The second-order valence-corrected chi connectivity index (χ2v) is 9.37. The molecule has 0 fully saturated rings. The maximum Gasteiger partial charge on any atom is 0.262 e. The minimum atomic E-state index is -0.587. The van der Waals surface area contributed by atoms with Crippen LogP contribution in [-0.4, -0.2) is 41.3 Å². The summed E-state index contributed by atoms with van der Waals surface area (Å²) in [6, 6.07) is 16.9. The molecular formula is C28H21Cl2N3O5. The van der Waals surface area contributed by atoms with Gasteiger partial charge in [0.25, 0.3) is 11.8 Å². The quantitative estimate of drug-likeness (QED) is 0.298. The number of aryl methyl sites for hydroxylation is 1. The SMILES string of the molecule is COc1cc(C)nc2c(OCc3c(Cl)ccc(NC(=O)CN4C(=O)c5ccccc5C4=O)c3Cl)cccc12. The number of fused-ring (bicyclic) bond motifs is 2. The summed E-state index contributed by atoms with van der Waals surface area (Å²) in [6.45, 7) is 1.40. The van der Waals surface area contributed by atoms with Crippen LogP contribution in [-0.2, 0) is 11.4 Å². The van der Waals surface area contributed by atoms with Gasteiger partial charge in [0.1, 0.15) is 30.2 Å². The molecule has 1 aliphatic rings. The second kappa shape index (κ2) is 10.3. The highest BCUT2D eigenvalue weighted by Crippen LogP contribution is 2.35. The number of methoxy groups -OCH3 is 1. The highest BCUT2D eigenvalue weighted by molar-refractivity contribution is 6.38. The van der Waals surface area contributed by atoms with Crippen LogP contribution < -0.4 is 14.8 Å². The number of rotatable bonds is 7. The molecule has 1 aliphatic heterocycles. The van der Waals surface area contributed by atoms with Crippen molar-refractivity contribution in [3.8, 4) is 11.5 Å². The van der Waals surface area contributed by atoms with E-state index in [1.807, 2.05) is 25.1 Å². The first kappa shape index (κ1) is 25.5. The van der Waals surface area contributed by atoms with E-state index in [2.05, 4.69) is 10.3 Å². The van der Waals surface area contributed by atoms with Gasteiger partial charge in [-0.15, -0.1) is 0 Å². The number of anilines is 1. The zero-order valence-corrected chi connectivity index (χ0v) is 21.9. The van der Waals surface area contributed by atoms with Gasteiger partial charge in [0, 0.05) is 27.7 Å². The lowest BCUT2D eigenvalue weighted by Gasteiger charge is -2.17. The number of nitrogens with one attached hydrogen (secondary N) is 1. The number of nitrogens with zero attached hydrogens (tertiary/aromatic N) is 2. The first-order chi connectivity index (χ1) is 18.3. The van der Waals surface area contributed by atoms with E-state index in [0.717, 1.165) is 16.0 Å². The fraction of sp³-hybridized carbons (Fsp3) is 0.143. The Morgan fingerprint density at radius 3 is 2.37 bits per heavy atom. The number of benzene rings is 3. The Morgan fingerprint density at radius 1 is 0.974 bits per heavy atom. The molecule has 8 nitrogen and oxygen atoms in total. The number of pyridine rings is 1. The maximum atomic E-state index is 12.8. The zero-order valence-electron chi connectivity index (χ0n) is 20.4. The maximum absolute atomic E-state index is 12.8. The van der Waals surface area contributed by atoms with E-state index >= 15 is 0 Å². The summed E-state index contributed by atoms with van der Waals surface area (Å²) < 4.78 is 11.5. The molecule has 192 valence electrons. The van der Waals surface area contributed by atoms with E-state index in [1.165, 1.54) is 0 Å². The van der Waals surface area contributed by atoms with Crippen molar-refractivity contribution in [1.29, 1.82) is 0 Å². The van der Waals surface area contributed by atoms with Crippen molar-refractivity contribution in [1.82, 2.24) is 9.88 Å². The molecule has 0 radical (unpaired) electrons. The van der Waals surface area contributed by atoms with E-state index in [9.17, 15) is 14.4 Å². The summed E-state index contributed by atoms with van der Waals surface area (Å²) in [7, 11) is 1.59. The van der Waals surface area contributed by atoms with E-state index in [1.54, 1.807) is 49.6 Å². The molecule has 0 atom stereocenters. The molecule has 5 rings (SSSR count). The topological polar surface area (TPSA) is 97.8 Å². The molecule has 4 aromatic rings. The van der Waals surface area contributed by atoms with Crippen molar-refractivity contribution in [2.24, 2.45) is 0 Å². The van der Waals surface area contributed by atoms with Gasteiger partial charge >= 0.3 is 0 Å². The molecule has 2 heterocycles. The molecular weight excluding hydrogens is 529 g/mol. The van der Waals surface area contributed by atoms with Crippen LogP contribution in [0.4, 0.5) is 5.69 Å². The van der Waals surface area contributed by atoms with Crippen molar-refractivity contribution in [2.75, 3.05) is 19.0 Å². The third kappa shape index (κ3) is 4.64. The Bertz CT molecular complexity index is 1590. The molecule has 0 bridgehead atoms. The minimum absolute atomic E-state index is 0.00314. The van der Waals surface area contributed by atoms with Gasteiger partial charge in [-0.25, -0.2) is 4.98 Å². The number of carbonyl (C=O) groups excluding carboxylic acids is 3. The van der Waals surface area contributed by atoms with Crippen LogP contribution in [0.2, 0.25) is 10.0 Å². The molecule has 1 aromatic heterocycles. The van der Waals surface area contributed by atoms with Gasteiger partial charge in [0.05, 0.1) is 28.9 Å². The average Bonchev–Trinajstić information content (AvgIpc) is 3.14. The molecule has 0 aliphatic carbocycles. The third-order valence-electron chi connectivity index (χ3n) is 6.12. The van der Waals surface area contributed by atoms with Crippen LogP contribution in [0, 0.1) is 6.92 Å². The third-order valence-corrected chi connectivity index (χ3v) is 6.91. The summed E-state index contributed by atoms with van der Waals surface area (Å²) in [5.41, 5.74) is 2.65. The highest BCUT2D eigenvalue weighted by atomic mass is 35.5. The van der Waals surface area contributed by atoms with E-state index in [-0.39, 0.29) is 28.4 Å². The van der Waals surface area contributed by atoms with Crippen molar-refractivity contribution in [2.45, 2.75) is 13.5 Å². The fourth-order valence-electron chi connectivity index (χ4n) is 4.29. The Morgan fingerprint density at radius 2 is 1.68 bits per heavy atom. The molecule has 0 saturated heterocycles. The molecule has 3 amide bonds. The fourth-order valence-corrected chi connectivity index (χ4v) is 4.82. The number of halogens is 2. The number of aromatic nitrogens is 1. The van der Waals surface area contributed by atoms with Crippen LogP contribution in [0.25, 0.3) is 10.9 Å². The second-order valence-electron chi connectivity index (χ2n) is 8.58. The van der Waals surface area contributed by atoms with Gasteiger partial charge in [0.2, 0.25) is 5.91 Å². The average molecular weight is 550 g/mol. The van der Waals surface area contributed by atoms with Gasteiger partial charge in [-0.3, -0.25) is 19.3 Å². The number of amides is 3. The normalized spacial score (nSPS) is 12.6. The number of para-hydroxylation sites is 1. The van der Waals surface area contributed by atoms with E-state index in [0.29, 0.717) is 27.6 Å². The molecule has 0 unspecified atom stereocenters. The number of imide groups is 1. The first-order valence-electron chi connectivity index (χ1n) is 11.6. The summed E-state index contributed by atoms with van der Waals surface area (Å²) in [5.74, 6) is -0.440. The van der Waals surface area contributed by atoms with Crippen LogP contribution in [0.1, 0.15) is 32.0 Å². The lowest BCUT2D eigenvalue weighted by molar-refractivity contribution is -0.116. The number of ether oxygens (including phenoxy) is 2. The smallest absolute Gasteiger partial charge is 0.262 e. The number of carbonyl (C=O) groups is 3. The predicted molar refractivity (Wildman–Crippen MR) is 144 cm³/mol. The van der Waals surface area contributed by atoms with Gasteiger partial charge < -0.3 is 14.8 Å². The Kier molecular flexibility index (Phi) is 6.93. The monoisotopic (exact) mass is 549 g/mol. The van der Waals surface area contributed by atoms with Gasteiger partial charge in [0.15, 0.2) is 0 Å². The largest absolute Gasteiger partial charge is 0.496 e. The molecule has 1 N–H and O–H groups in total. The van der Waals surface area contributed by atoms with Crippen molar-refractivity contribution >= 4 is 57.5 Å². The molecule has 3 aromatic carbocycles. The lowest BCUT2D eigenvalue weighted by Crippen LogP contribution is -2.37. The van der Waals surface area contributed by atoms with E-state index in [4.69, 9.17) is 32.7 Å². The predicted octanol–water partition coefficient (Wildman–Crippen LogP) is 5.67. The van der Waals surface area contributed by atoms with Crippen LogP contribution >= 0.6 is 23.2 Å². The Balaban J connectivity index is 1.33. The number of hydrogen-bond acceptors (Lipinski definition) is 6. The molecule has 0 spiro atoms. The summed E-state index contributed by atoms with van der Waals surface area (Å²) in [6.07, 6.45) is 0.